The fourth-order valence-electron chi connectivity index (χ4n) is 2.37. The zero-order valence-corrected chi connectivity index (χ0v) is 14.7. The van der Waals surface area contributed by atoms with Crippen LogP contribution >= 0.6 is 0 Å². The molecule has 0 spiro atoms. The van der Waals surface area contributed by atoms with Crippen LogP contribution in [-0.4, -0.2) is 33.4 Å². The number of carbonyl (C=O) groups is 2. The van der Waals surface area contributed by atoms with Gasteiger partial charge in [0.1, 0.15) is 5.75 Å². The van der Waals surface area contributed by atoms with Gasteiger partial charge in [-0.15, -0.1) is 0 Å². The van der Waals surface area contributed by atoms with Crippen LogP contribution < -0.4 is 10.1 Å². The smallest absolute Gasteiger partial charge is 0.341 e. The number of carbonyl (C=O) groups excluding carboxylic acids is 1. The number of aliphatic carboxylic acids is 1. The van der Waals surface area contributed by atoms with Crippen LogP contribution in [0, 0.1) is 12.8 Å². The molecule has 0 saturated carbocycles. The third-order valence-corrected chi connectivity index (χ3v) is 3.60. The van der Waals surface area contributed by atoms with Crippen molar-refractivity contribution in [1.82, 2.24) is 15.1 Å². The van der Waals surface area contributed by atoms with Crippen LogP contribution in [-0.2, 0) is 17.9 Å². The zero-order chi connectivity index (χ0) is 18.4. The summed E-state index contributed by atoms with van der Waals surface area (Å²) in [5, 5.41) is 15.8. The lowest BCUT2D eigenvalue weighted by Gasteiger charge is -2.09. The molecule has 0 atom stereocenters. The number of hydrogen-bond donors (Lipinski definition) is 2. The average molecular weight is 345 g/mol. The second kappa shape index (κ2) is 8.32. The molecule has 0 unspecified atom stereocenters. The number of amides is 1. The van der Waals surface area contributed by atoms with E-state index in [2.05, 4.69) is 24.3 Å². The van der Waals surface area contributed by atoms with Crippen molar-refractivity contribution in [3.05, 3.63) is 47.3 Å². The molecule has 2 N–H and O–H groups in total. The van der Waals surface area contributed by atoms with Gasteiger partial charge in [0.15, 0.2) is 6.61 Å². The lowest BCUT2D eigenvalue weighted by Crippen LogP contribution is -2.23. The second-order valence-electron chi connectivity index (χ2n) is 6.23. The van der Waals surface area contributed by atoms with Crippen LogP contribution in [0.15, 0.2) is 30.5 Å². The first-order chi connectivity index (χ1) is 11.9. The minimum atomic E-state index is -1.03. The fraction of sp³-hybridized carbons (Fsp3) is 0.389. The lowest BCUT2D eigenvalue weighted by molar-refractivity contribution is -0.139. The molecule has 134 valence electrons. The van der Waals surface area contributed by atoms with Crippen molar-refractivity contribution in [2.75, 3.05) is 6.61 Å². The minimum Gasteiger partial charge on any atom is -0.482 e. The number of nitrogens with one attached hydrogen (secondary N) is 1. The number of hydrogen-bond acceptors (Lipinski definition) is 4. The number of rotatable bonds is 8. The molecule has 1 amide bonds. The van der Waals surface area contributed by atoms with Crippen LogP contribution in [0.4, 0.5) is 0 Å². The molecule has 7 heteroatoms. The molecule has 0 fully saturated rings. The van der Waals surface area contributed by atoms with Crippen molar-refractivity contribution < 1.29 is 19.4 Å². The summed E-state index contributed by atoms with van der Waals surface area (Å²) < 4.78 is 6.97. The molecular formula is C18H23N3O4. The SMILES string of the molecule is Cc1c(C(=O)NCc2cccc(OCC(=O)O)c2)cnn1CC(C)C. The van der Waals surface area contributed by atoms with Gasteiger partial charge in [0.2, 0.25) is 0 Å². The number of nitrogens with zero attached hydrogens (tertiary/aromatic N) is 2. The van der Waals surface area contributed by atoms with Gasteiger partial charge in [-0.1, -0.05) is 26.0 Å². The molecule has 0 aliphatic heterocycles. The molecule has 7 nitrogen and oxygen atoms in total. The highest BCUT2D eigenvalue weighted by atomic mass is 16.5. The average Bonchev–Trinajstić information content (AvgIpc) is 2.91. The maximum atomic E-state index is 12.4. The number of carboxylic acid groups (broad SMARTS) is 1. The molecule has 0 aliphatic carbocycles. The van der Waals surface area contributed by atoms with E-state index < -0.39 is 12.6 Å². The first-order valence-corrected chi connectivity index (χ1v) is 8.11. The molecule has 2 aromatic rings. The van der Waals surface area contributed by atoms with Crippen LogP contribution in [0.25, 0.3) is 0 Å². The van der Waals surface area contributed by atoms with Gasteiger partial charge in [0.05, 0.1) is 11.8 Å². The van der Waals surface area contributed by atoms with Gasteiger partial charge in [-0.05, 0) is 30.5 Å². The first-order valence-electron chi connectivity index (χ1n) is 8.11. The van der Waals surface area contributed by atoms with E-state index in [1.165, 1.54) is 0 Å². The Morgan fingerprint density at radius 2 is 2.12 bits per heavy atom. The fourth-order valence-corrected chi connectivity index (χ4v) is 2.37. The van der Waals surface area contributed by atoms with Crippen molar-refractivity contribution in [3.8, 4) is 5.75 Å². The van der Waals surface area contributed by atoms with Gasteiger partial charge in [0.25, 0.3) is 5.91 Å². The molecule has 0 bridgehead atoms. The standard InChI is InChI=1S/C18H23N3O4/c1-12(2)10-21-13(3)16(9-20-21)18(24)19-8-14-5-4-6-15(7-14)25-11-17(22)23/h4-7,9,12H,8,10-11H2,1-3H3,(H,19,24)(H,22,23). The predicted molar refractivity (Wildman–Crippen MR) is 92.5 cm³/mol. The third kappa shape index (κ3) is 5.34. The third-order valence-electron chi connectivity index (χ3n) is 3.60. The Balaban J connectivity index is 1.97. The van der Waals surface area contributed by atoms with Crippen LogP contribution in [0.2, 0.25) is 0 Å². The van der Waals surface area contributed by atoms with Crippen molar-refractivity contribution in [1.29, 1.82) is 0 Å². The minimum absolute atomic E-state index is 0.190. The monoisotopic (exact) mass is 345 g/mol. The van der Waals surface area contributed by atoms with Gasteiger partial charge in [-0.3, -0.25) is 9.48 Å². The molecule has 1 heterocycles. The van der Waals surface area contributed by atoms with Gasteiger partial charge in [0, 0.05) is 18.8 Å². The van der Waals surface area contributed by atoms with Crippen molar-refractivity contribution in [2.45, 2.75) is 33.9 Å². The van der Waals surface area contributed by atoms with Crippen molar-refractivity contribution >= 4 is 11.9 Å². The van der Waals surface area contributed by atoms with Gasteiger partial charge in [-0.2, -0.15) is 5.10 Å². The highest BCUT2D eigenvalue weighted by Gasteiger charge is 2.14. The maximum absolute atomic E-state index is 12.4. The summed E-state index contributed by atoms with van der Waals surface area (Å²) in [4.78, 5) is 22.9. The maximum Gasteiger partial charge on any atom is 0.341 e. The Hall–Kier alpha value is -2.83. The van der Waals surface area contributed by atoms with Crippen molar-refractivity contribution in [3.63, 3.8) is 0 Å². The normalized spacial score (nSPS) is 10.7. The molecule has 0 radical (unpaired) electrons. The number of carboxylic acids is 1. The summed E-state index contributed by atoms with van der Waals surface area (Å²) in [6.07, 6.45) is 1.58. The Labute approximate surface area is 146 Å². The van der Waals surface area contributed by atoms with Crippen molar-refractivity contribution in [2.24, 2.45) is 5.92 Å². The van der Waals surface area contributed by atoms with E-state index in [1.54, 1.807) is 24.4 Å². The largest absolute Gasteiger partial charge is 0.482 e. The zero-order valence-electron chi connectivity index (χ0n) is 14.7. The highest BCUT2D eigenvalue weighted by molar-refractivity contribution is 5.95. The summed E-state index contributed by atoms with van der Waals surface area (Å²) in [6, 6.07) is 6.97. The van der Waals surface area contributed by atoms with E-state index in [0.717, 1.165) is 17.8 Å². The van der Waals surface area contributed by atoms with Crippen LogP contribution in [0.5, 0.6) is 5.75 Å². The van der Waals surface area contributed by atoms with Gasteiger partial charge >= 0.3 is 5.97 Å². The Bertz CT molecular complexity index is 753. The Kier molecular flexibility index (Phi) is 6.16. The first kappa shape index (κ1) is 18.5. The topological polar surface area (TPSA) is 93.4 Å². The predicted octanol–water partition coefficient (Wildman–Crippen LogP) is 2.24. The van der Waals surface area contributed by atoms with Crippen LogP contribution in [0.1, 0.15) is 35.5 Å². The summed E-state index contributed by atoms with van der Waals surface area (Å²) >= 11 is 0. The summed E-state index contributed by atoms with van der Waals surface area (Å²) in [7, 11) is 0. The quantitative estimate of drug-likeness (QED) is 0.765. The molecule has 1 aromatic heterocycles. The van der Waals surface area contributed by atoms with Gasteiger partial charge < -0.3 is 15.2 Å². The van der Waals surface area contributed by atoms with E-state index in [4.69, 9.17) is 9.84 Å². The summed E-state index contributed by atoms with van der Waals surface area (Å²) in [5.74, 6) is -0.324. The molecule has 25 heavy (non-hydrogen) atoms. The van der Waals surface area contributed by atoms with E-state index >= 15 is 0 Å². The van der Waals surface area contributed by atoms with Crippen LogP contribution in [0.3, 0.4) is 0 Å². The summed E-state index contributed by atoms with van der Waals surface area (Å²) in [6.45, 7) is 6.76. The van der Waals surface area contributed by atoms with Gasteiger partial charge in [-0.25, -0.2) is 4.79 Å². The summed E-state index contributed by atoms with van der Waals surface area (Å²) in [5.41, 5.74) is 2.21. The Morgan fingerprint density at radius 1 is 1.36 bits per heavy atom. The molecule has 2 rings (SSSR count). The molecule has 0 aliphatic rings. The number of ether oxygens (including phenoxy) is 1. The molecule has 1 aromatic carbocycles. The number of aromatic nitrogens is 2. The molecular weight excluding hydrogens is 322 g/mol. The van der Waals surface area contributed by atoms with E-state index in [0.29, 0.717) is 23.8 Å². The Morgan fingerprint density at radius 3 is 2.80 bits per heavy atom. The van der Waals surface area contributed by atoms with E-state index in [-0.39, 0.29) is 5.91 Å². The molecule has 0 saturated heterocycles. The lowest BCUT2D eigenvalue weighted by atomic mass is 10.2. The van der Waals surface area contributed by atoms with E-state index in [9.17, 15) is 9.59 Å². The highest BCUT2D eigenvalue weighted by Crippen LogP contribution is 2.14. The van der Waals surface area contributed by atoms with E-state index in [1.807, 2.05) is 17.7 Å². The second-order valence-corrected chi connectivity index (χ2v) is 6.23. The number of benzene rings is 1.